The van der Waals surface area contributed by atoms with E-state index < -0.39 is 5.97 Å². The number of hydrogen-bond donors (Lipinski definition) is 2. The van der Waals surface area contributed by atoms with E-state index in [1.807, 2.05) is 23.1 Å². The van der Waals surface area contributed by atoms with Gasteiger partial charge in [0.1, 0.15) is 23.7 Å². The number of halogens is 1. The molecule has 1 fully saturated rings. The van der Waals surface area contributed by atoms with Crippen molar-refractivity contribution >= 4 is 35.0 Å². The maximum atomic E-state index is 12.4. The number of benzene rings is 2. The first-order valence-corrected chi connectivity index (χ1v) is 11.3. The summed E-state index contributed by atoms with van der Waals surface area (Å²) < 4.78 is 5.76. The van der Waals surface area contributed by atoms with Crippen molar-refractivity contribution in [2.45, 2.75) is 0 Å². The van der Waals surface area contributed by atoms with Crippen molar-refractivity contribution in [1.82, 2.24) is 9.88 Å². The van der Waals surface area contributed by atoms with E-state index in [2.05, 4.69) is 15.2 Å². The van der Waals surface area contributed by atoms with Gasteiger partial charge in [0.05, 0.1) is 11.9 Å². The number of nitrogens with one attached hydrogen (secondary N) is 1. The average Bonchev–Trinajstić information content (AvgIpc) is 2.86. The van der Waals surface area contributed by atoms with Gasteiger partial charge in [0.15, 0.2) is 0 Å². The Morgan fingerprint density at radius 2 is 1.74 bits per heavy atom. The molecular formula is C25H25ClN4O4. The molecule has 1 aliphatic heterocycles. The third-order valence-electron chi connectivity index (χ3n) is 5.55. The molecule has 3 aromatic rings. The number of carbonyl (C=O) groups excluding carboxylic acids is 1. The maximum Gasteiger partial charge on any atom is 0.339 e. The molecule has 2 aromatic carbocycles. The molecule has 34 heavy (non-hydrogen) atoms. The zero-order valence-electron chi connectivity index (χ0n) is 18.5. The van der Waals surface area contributed by atoms with E-state index >= 15 is 0 Å². The molecule has 0 aliphatic carbocycles. The monoisotopic (exact) mass is 480 g/mol. The van der Waals surface area contributed by atoms with E-state index in [1.54, 1.807) is 36.4 Å². The van der Waals surface area contributed by atoms with Gasteiger partial charge in [0, 0.05) is 43.3 Å². The van der Waals surface area contributed by atoms with Crippen LogP contribution in [0.15, 0.2) is 66.9 Å². The number of carboxylic acids is 1. The number of anilines is 2. The Bertz CT molecular complexity index is 1130. The Morgan fingerprint density at radius 3 is 2.41 bits per heavy atom. The fraction of sp³-hybridized carbons (Fsp3) is 0.240. The Labute approximate surface area is 202 Å². The number of amides is 1. The summed E-state index contributed by atoms with van der Waals surface area (Å²) in [6.07, 6.45) is 1.49. The first-order chi connectivity index (χ1) is 16.5. The predicted molar refractivity (Wildman–Crippen MR) is 131 cm³/mol. The number of aromatic nitrogens is 1. The van der Waals surface area contributed by atoms with Crippen LogP contribution >= 0.6 is 11.6 Å². The van der Waals surface area contributed by atoms with Crippen molar-refractivity contribution in [1.29, 1.82) is 0 Å². The average molecular weight is 481 g/mol. The molecule has 1 aliphatic rings. The van der Waals surface area contributed by atoms with Crippen molar-refractivity contribution in [2.75, 3.05) is 49.5 Å². The quantitative estimate of drug-likeness (QED) is 0.505. The lowest BCUT2D eigenvalue weighted by Crippen LogP contribution is -2.48. The van der Waals surface area contributed by atoms with Gasteiger partial charge in [-0.15, -0.1) is 0 Å². The van der Waals surface area contributed by atoms with Gasteiger partial charge in [-0.05, 0) is 42.5 Å². The molecule has 2 N–H and O–H groups in total. The van der Waals surface area contributed by atoms with Crippen LogP contribution in [0.1, 0.15) is 20.7 Å². The first-order valence-electron chi connectivity index (χ1n) is 10.9. The van der Waals surface area contributed by atoms with Crippen LogP contribution in [0, 0.1) is 0 Å². The van der Waals surface area contributed by atoms with Crippen LogP contribution in [0.5, 0.6) is 5.75 Å². The van der Waals surface area contributed by atoms with Crippen molar-refractivity contribution in [3.05, 3.63) is 83.0 Å². The van der Waals surface area contributed by atoms with E-state index in [4.69, 9.17) is 16.3 Å². The van der Waals surface area contributed by atoms with Gasteiger partial charge in [-0.3, -0.25) is 9.69 Å². The zero-order valence-corrected chi connectivity index (χ0v) is 19.2. The third-order valence-corrected chi connectivity index (χ3v) is 5.80. The van der Waals surface area contributed by atoms with Crippen LogP contribution in [-0.4, -0.2) is 66.2 Å². The number of pyridine rings is 1. The second kappa shape index (κ2) is 11.0. The normalized spacial score (nSPS) is 14.0. The lowest BCUT2D eigenvalue weighted by Gasteiger charge is -2.35. The molecule has 0 atom stereocenters. The van der Waals surface area contributed by atoms with Crippen molar-refractivity contribution in [3.8, 4) is 5.75 Å². The standard InChI is InChI=1S/C25H25ClN4O4/c26-19-6-8-21(9-7-19)34-15-14-29-10-12-30(13-11-29)23-22(25(32)33)16-20(17-27-23)28-24(31)18-4-2-1-3-5-18/h1-9,16-17H,10-15H2,(H,28,31)(H,32,33). The molecule has 1 amide bonds. The van der Waals surface area contributed by atoms with Gasteiger partial charge in [0.2, 0.25) is 0 Å². The zero-order chi connectivity index (χ0) is 23.9. The fourth-order valence-electron chi connectivity index (χ4n) is 3.73. The number of ether oxygens (including phenoxy) is 1. The lowest BCUT2D eigenvalue weighted by atomic mass is 10.2. The Morgan fingerprint density at radius 1 is 1.03 bits per heavy atom. The van der Waals surface area contributed by atoms with Gasteiger partial charge >= 0.3 is 5.97 Å². The van der Waals surface area contributed by atoms with E-state index in [0.29, 0.717) is 41.8 Å². The van der Waals surface area contributed by atoms with Gasteiger partial charge in [-0.25, -0.2) is 9.78 Å². The molecule has 0 saturated carbocycles. The van der Waals surface area contributed by atoms with E-state index in [1.165, 1.54) is 12.3 Å². The van der Waals surface area contributed by atoms with Crippen LogP contribution in [0.2, 0.25) is 5.02 Å². The number of carbonyl (C=O) groups is 2. The molecule has 1 aromatic heterocycles. The van der Waals surface area contributed by atoms with Crippen molar-refractivity contribution < 1.29 is 19.4 Å². The number of piperazine rings is 1. The van der Waals surface area contributed by atoms with E-state index in [0.717, 1.165) is 25.4 Å². The largest absolute Gasteiger partial charge is 0.492 e. The number of rotatable bonds is 8. The van der Waals surface area contributed by atoms with Crippen LogP contribution < -0.4 is 15.0 Å². The van der Waals surface area contributed by atoms with Gasteiger partial charge in [0.25, 0.3) is 5.91 Å². The molecular weight excluding hydrogens is 456 g/mol. The van der Waals surface area contributed by atoms with Crippen LogP contribution in [0.25, 0.3) is 0 Å². The SMILES string of the molecule is O=C(Nc1cnc(N2CCN(CCOc3ccc(Cl)cc3)CC2)c(C(=O)O)c1)c1ccccc1. The summed E-state index contributed by atoms with van der Waals surface area (Å²) in [5.74, 6) is -0.224. The highest BCUT2D eigenvalue weighted by molar-refractivity contribution is 6.30. The smallest absolute Gasteiger partial charge is 0.339 e. The second-order valence-electron chi connectivity index (χ2n) is 7.85. The molecule has 0 radical (unpaired) electrons. The lowest BCUT2D eigenvalue weighted by molar-refractivity contribution is 0.0696. The fourth-order valence-corrected chi connectivity index (χ4v) is 3.86. The number of aromatic carboxylic acids is 1. The summed E-state index contributed by atoms with van der Waals surface area (Å²) in [7, 11) is 0. The molecule has 0 unspecified atom stereocenters. The third kappa shape index (κ3) is 6.03. The minimum Gasteiger partial charge on any atom is -0.492 e. The molecule has 9 heteroatoms. The summed E-state index contributed by atoms with van der Waals surface area (Å²) in [6, 6.07) is 17.5. The van der Waals surface area contributed by atoms with Crippen LogP contribution in [0.3, 0.4) is 0 Å². The molecule has 176 valence electrons. The Hall–Kier alpha value is -3.62. The van der Waals surface area contributed by atoms with E-state index in [-0.39, 0.29) is 11.5 Å². The van der Waals surface area contributed by atoms with Gasteiger partial charge in [-0.2, -0.15) is 0 Å². The van der Waals surface area contributed by atoms with Crippen molar-refractivity contribution in [2.24, 2.45) is 0 Å². The van der Waals surface area contributed by atoms with E-state index in [9.17, 15) is 14.7 Å². The molecule has 0 bridgehead atoms. The molecule has 1 saturated heterocycles. The highest BCUT2D eigenvalue weighted by Crippen LogP contribution is 2.23. The summed E-state index contributed by atoms with van der Waals surface area (Å²) >= 11 is 5.89. The van der Waals surface area contributed by atoms with Gasteiger partial charge < -0.3 is 20.1 Å². The minimum atomic E-state index is -1.09. The molecule has 8 nitrogen and oxygen atoms in total. The molecule has 4 rings (SSSR count). The Balaban J connectivity index is 1.33. The number of hydrogen-bond acceptors (Lipinski definition) is 6. The highest BCUT2D eigenvalue weighted by atomic mass is 35.5. The summed E-state index contributed by atoms with van der Waals surface area (Å²) in [5.41, 5.74) is 0.887. The summed E-state index contributed by atoms with van der Waals surface area (Å²) in [4.78, 5) is 32.9. The molecule has 2 heterocycles. The maximum absolute atomic E-state index is 12.4. The highest BCUT2D eigenvalue weighted by Gasteiger charge is 2.23. The topological polar surface area (TPSA) is 95.0 Å². The molecule has 0 spiro atoms. The van der Waals surface area contributed by atoms with Gasteiger partial charge in [-0.1, -0.05) is 29.8 Å². The van der Waals surface area contributed by atoms with Crippen LogP contribution in [0.4, 0.5) is 11.5 Å². The number of nitrogens with zero attached hydrogens (tertiary/aromatic N) is 3. The van der Waals surface area contributed by atoms with Crippen LogP contribution in [-0.2, 0) is 0 Å². The van der Waals surface area contributed by atoms with Crippen molar-refractivity contribution in [3.63, 3.8) is 0 Å². The minimum absolute atomic E-state index is 0.0605. The second-order valence-corrected chi connectivity index (χ2v) is 8.29. The number of carboxylic acid groups (broad SMARTS) is 1. The Kier molecular flexibility index (Phi) is 7.61. The summed E-state index contributed by atoms with van der Waals surface area (Å²) in [5, 5.41) is 13.1. The first kappa shape index (κ1) is 23.5. The summed E-state index contributed by atoms with van der Waals surface area (Å²) in [6.45, 7) is 4.12. The predicted octanol–water partition coefficient (Wildman–Crippen LogP) is 3.89.